The largest absolute Gasteiger partial charge is 0.465 e. The molecule has 118 valence electrons. The summed E-state index contributed by atoms with van der Waals surface area (Å²) in [6.45, 7) is 9.96. The summed E-state index contributed by atoms with van der Waals surface area (Å²) < 4.78 is 5.33. The van der Waals surface area contributed by atoms with E-state index in [4.69, 9.17) is 4.74 Å². The van der Waals surface area contributed by atoms with Crippen LogP contribution in [0.3, 0.4) is 0 Å². The molecule has 0 amide bonds. The lowest BCUT2D eigenvalue weighted by molar-refractivity contribution is -0.154. The molecule has 1 rings (SSSR count). The van der Waals surface area contributed by atoms with E-state index in [0.717, 1.165) is 17.5 Å². The fourth-order valence-electron chi connectivity index (χ4n) is 1.84. The molecule has 1 unspecified atom stereocenters. The lowest BCUT2D eigenvalue weighted by Gasteiger charge is -2.22. The van der Waals surface area contributed by atoms with E-state index in [0.29, 0.717) is 19.4 Å². The van der Waals surface area contributed by atoms with Crippen LogP contribution in [0, 0.1) is 5.41 Å². The minimum absolute atomic E-state index is 0.143. The first-order chi connectivity index (χ1) is 9.73. The summed E-state index contributed by atoms with van der Waals surface area (Å²) in [5.41, 5.74) is 0.824. The fourth-order valence-corrected chi connectivity index (χ4v) is 1.84. The summed E-state index contributed by atoms with van der Waals surface area (Å²) in [6, 6.07) is 7.85. The van der Waals surface area contributed by atoms with Crippen LogP contribution in [0.4, 0.5) is 0 Å². The van der Waals surface area contributed by atoms with Crippen molar-refractivity contribution in [3.05, 3.63) is 35.4 Å². The number of esters is 1. The van der Waals surface area contributed by atoms with Crippen molar-refractivity contribution in [1.82, 2.24) is 0 Å². The maximum absolute atomic E-state index is 11.9. The highest BCUT2D eigenvalue weighted by atomic mass is 16.5. The molecule has 3 nitrogen and oxygen atoms in total. The van der Waals surface area contributed by atoms with Gasteiger partial charge in [-0.05, 0) is 44.7 Å². The SMILES string of the molecule is CCC(C)(C)C(=O)OCCc1ccc(C(C)(O)CC)cc1. The highest BCUT2D eigenvalue weighted by Gasteiger charge is 2.26. The van der Waals surface area contributed by atoms with Crippen LogP contribution in [0.2, 0.25) is 0 Å². The molecule has 0 radical (unpaired) electrons. The average molecular weight is 292 g/mol. The van der Waals surface area contributed by atoms with Crippen LogP contribution in [0.25, 0.3) is 0 Å². The van der Waals surface area contributed by atoms with E-state index in [9.17, 15) is 9.90 Å². The van der Waals surface area contributed by atoms with Crippen LogP contribution in [0.5, 0.6) is 0 Å². The molecule has 0 aliphatic heterocycles. The second-order valence-corrected chi connectivity index (χ2v) is 6.45. The van der Waals surface area contributed by atoms with Gasteiger partial charge in [-0.15, -0.1) is 0 Å². The zero-order valence-corrected chi connectivity index (χ0v) is 13.9. The minimum Gasteiger partial charge on any atom is -0.465 e. The smallest absolute Gasteiger partial charge is 0.311 e. The number of ether oxygens (including phenoxy) is 1. The number of rotatable bonds is 7. The molecule has 0 aliphatic carbocycles. The molecule has 3 heteroatoms. The third-order valence-corrected chi connectivity index (χ3v) is 4.32. The van der Waals surface area contributed by atoms with Gasteiger partial charge >= 0.3 is 5.97 Å². The van der Waals surface area contributed by atoms with Crippen LogP contribution < -0.4 is 0 Å². The van der Waals surface area contributed by atoms with E-state index >= 15 is 0 Å². The molecule has 21 heavy (non-hydrogen) atoms. The van der Waals surface area contributed by atoms with E-state index in [-0.39, 0.29) is 5.97 Å². The predicted octanol–water partition coefficient (Wildman–Crippen LogP) is 3.83. The second-order valence-electron chi connectivity index (χ2n) is 6.45. The first-order valence-corrected chi connectivity index (χ1v) is 7.72. The molecule has 0 heterocycles. The third kappa shape index (κ3) is 4.85. The molecule has 1 atom stereocenters. The molecule has 0 saturated carbocycles. The van der Waals surface area contributed by atoms with Crippen molar-refractivity contribution >= 4 is 5.97 Å². The van der Waals surface area contributed by atoms with Crippen LogP contribution in [0.15, 0.2) is 24.3 Å². The molecular weight excluding hydrogens is 264 g/mol. The van der Waals surface area contributed by atoms with Gasteiger partial charge in [0.15, 0.2) is 0 Å². The molecule has 1 aromatic rings. The molecule has 0 fully saturated rings. The second kappa shape index (κ2) is 7.08. The lowest BCUT2D eigenvalue weighted by Crippen LogP contribution is -2.26. The fraction of sp³-hybridized carbons (Fsp3) is 0.611. The number of hydrogen-bond acceptors (Lipinski definition) is 3. The zero-order valence-electron chi connectivity index (χ0n) is 13.9. The molecule has 0 aromatic heterocycles. The first kappa shape index (κ1) is 17.7. The van der Waals surface area contributed by atoms with E-state index < -0.39 is 11.0 Å². The number of carbonyl (C=O) groups excluding carboxylic acids is 1. The van der Waals surface area contributed by atoms with Crippen LogP contribution in [-0.4, -0.2) is 17.7 Å². The lowest BCUT2D eigenvalue weighted by atomic mass is 9.91. The quantitative estimate of drug-likeness (QED) is 0.777. The molecule has 1 N–H and O–H groups in total. The maximum atomic E-state index is 11.9. The van der Waals surface area contributed by atoms with Gasteiger partial charge in [-0.1, -0.05) is 38.1 Å². The number of benzene rings is 1. The Morgan fingerprint density at radius 3 is 2.14 bits per heavy atom. The Kier molecular flexibility index (Phi) is 5.97. The Morgan fingerprint density at radius 1 is 1.10 bits per heavy atom. The van der Waals surface area contributed by atoms with E-state index in [1.807, 2.05) is 58.9 Å². The summed E-state index contributed by atoms with van der Waals surface area (Å²) in [4.78, 5) is 11.9. The van der Waals surface area contributed by atoms with Crippen molar-refractivity contribution in [2.45, 2.75) is 59.5 Å². The van der Waals surface area contributed by atoms with Gasteiger partial charge in [0.25, 0.3) is 0 Å². The van der Waals surface area contributed by atoms with Crippen molar-refractivity contribution in [1.29, 1.82) is 0 Å². The zero-order chi connectivity index (χ0) is 16.1. The summed E-state index contributed by atoms with van der Waals surface area (Å²) in [5, 5.41) is 10.2. The molecule has 0 spiro atoms. The summed E-state index contributed by atoms with van der Waals surface area (Å²) in [6.07, 6.45) is 2.14. The van der Waals surface area contributed by atoms with Gasteiger partial charge in [-0.25, -0.2) is 0 Å². The van der Waals surface area contributed by atoms with Gasteiger partial charge in [0.05, 0.1) is 17.6 Å². The van der Waals surface area contributed by atoms with Crippen LogP contribution >= 0.6 is 0 Å². The Balaban J connectivity index is 2.53. The van der Waals surface area contributed by atoms with Crippen molar-refractivity contribution < 1.29 is 14.6 Å². The molecule has 0 saturated heterocycles. The maximum Gasteiger partial charge on any atom is 0.311 e. The Labute approximate surface area is 128 Å². The van der Waals surface area contributed by atoms with E-state index in [2.05, 4.69) is 0 Å². The van der Waals surface area contributed by atoms with Gasteiger partial charge in [0.1, 0.15) is 0 Å². The molecule has 0 aliphatic rings. The average Bonchev–Trinajstić information content (AvgIpc) is 2.47. The number of carbonyl (C=O) groups is 1. The van der Waals surface area contributed by atoms with Gasteiger partial charge in [-0.3, -0.25) is 4.79 Å². The minimum atomic E-state index is -0.782. The summed E-state index contributed by atoms with van der Waals surface area (Å²) in [5.74, 6) is -0.143. The van der Waals surface area contributed by atoms with Crippen LogP contribution in [-0.2, 0) is 21.6 Å². The monoisotopic (exact) mass is 292 g/mol. The van der Waals surface area contributed by atoms with Crippen molar-refractivity contribution in [2.75, 3.05) is 6.61 Å². The highest BCUT2D eigenvalue weighted by molar-refractivity contribution is 5.75. The van der Waals surface area contributed by atoms with Crippen molar-refractivity contribution in [3.8, 4) is 0 Å². The topological polar surface area (TPSA) is 46.5 Å². The van der Waals surface area contributed by atoms with Crippen LogP contribution in [0.1, 0.15) is 58.6 Å². The van der Waals surface area contributed by atoms with Crippen molar-refractivity contribution in [2.24, 2.45) is 5.41 Å². The Hall–Kier alpha value is -1.35. The number of hydrogen-bond donors (Lipinski definition) is 1. The summed E-state index contributed by atoms with van der Waals surface area (Å²) >= 11 is 0. The predicted molar refractivity (Wildman–Crippen MR) is 85.0 cm³/mol. The number of aliphatic hydroxyl groups is 1. The van der Waals surface area contributed by atoms with Gasteiger partial charge in [0.2, 0.25) is 0 Å². The molecular formula is C18H28O3. The summed E-state index contributed by atoms with van der Waals surface area (Å²) in [7, 11) is 0. The standard InChI is InChI=1S/C18H28O3/c1-6-17(3,4)16(19)21-13-12-14-8-10-15(11-9-14)18(5,20)7-2/h8-11,20H,6-7,12-13H2,1-5H3. The van der Waals surface area contributed by atoms with E-state index in [1.54, 1.807) is 0 Å². The normalized spacial score (nSPS) is 14.6. The van der Waals surface area contributed by atoms with E-state index in [1.165, 1.54) is 0 Å². The van der Waals surface area contributed by atoms with Gasteiger partial charge < -0.3 is 9.84 Å². The molecule has 1 aromatic carbocycles. The van der Waals surface area contributed by atoms with Gasteiger partial charge in [-0.2, -0.15) is 0 Å². The first-order valence-electron chi connectivity index (χ1n) is 7.72. The van der Waals surface area contributed by atoms with Gasteiger partial charge in [0, 0.05) is 6.42 Å². The Morgan fingerprint density at radius 2 is 1.67 bits per heavy atom. The van der Waals surface area contributed by atoms with Crippen molar-refractivity contribution in [3.63, 3.8) is 0 Å². The highest BCUT2D eigenvalue weighted by Crippen LogP contribution is 2.24. The third-order valence-electron chi connectivity index (χ3n) is 4.32. The Bertz CT molecular complexity index is 458. The molecule has 0 bridgehead atoms.